The van der Waals surface area contributed by atoms with E-state index in [2.05, 4.69) is 18.8 Å². The highest BCUT2D eigenvalue weighted by atomic mass is 16.5. The molecule has 0 aromatic carbocycles. The van der Waals surface area contributed by atoms with Crippen molar-refractivity contribution < 1.29 is 9.84 Å². The summed E-state index contributed by atoms with van der Waals surface area (Å²) in [6.45, 7) is 4.49. The zero-order chi connectivity index (χ0) is 13.0. The van der Waals surface area contributed by atoms with Crippen molar-refractivity contribution in [3.63, 3.8) is 0 Å². The molecule has 100 valence electrons. The average Bonchev–Trinajstić information content (AvgIpc) is 2.29. The van der Waals surface area contributed by atoms with Crippen LogP contribution in [0.4, 0.5) is 0 Å². The van der Waals surface area contributed by atoms with Gasteiger partial charge >= 0.3 is 0 Å². The number of hydrogen-bond acceptors (Lipinski definition) is 3. The summed E-state index contributed by atoms with van der Waals surface area (Å²) in [5.41, 5.74) is 1.14. The van der Waals surface area contributed by atoms with Crippen LogP contribution in [-0.4, -0.2) is 22.3 Å². The summed E-state index contributed by atoms with van der Waals surface area (Å²) < 4.78 is 5.70. The van der Waals surface area contributed by atoms with Crippen molar-refractivity contribution in [1.82, 2.24) is 4.98 Å². The van der Waals surface area contributed by atoms with Gasteiger partial charge in [-0.2, -0.15) is 0 Å². The second-order valence-corrected chi connectivity index (χ2v) is 5.64. The van der Waals surface area contributed by atoms with Gasteiger partial charge in [-0.1, -0.05) is 20.3 Å². The van der Waals surface area contributed by atoms with Crippen molar-refractivity contribution in [2.24, 2.45) is 5.92 Å². The standard InChI is InChI=1S/C15H23NO2/c1-11(2)4-3-5-12-6-7-14(10-16-12)18-15-8-13(17)9-15/h6-7,10-11,13,15,17H,3-5,8-9H2,1-2H3. The van der Waals surface area contributed by atoms with E-state index in [-0.39, 0.29) is 12.2 Å². The maximum absolute atomic E-state index is 9.19. The Kier molecular flexibility index (Phi) is 4.59. The molecule has 1 N–H and O–H groups in total. The number of aliphatic hydroxyl groups excluding tert-OH is 1. The fraction of sp³-hybridized carbons (Fsp3) is 0.667. The van der Waals surface area contributed by atoms with Crippen LogP contribution in [0.5, 0.6) is 5.75 Å². The first-order valence-corrected chi connectivity index (χ1v) is 6.93. The molecule has 1 fully saturated rings. The van der Waals surface area contributed by atoms with Crippen LogP contribution in [0.25, 0.3) is 0 Å². The van der Waals surface area contributed by atoms with E-state index in [0.717, 1.165) is 36.6 Å². The number of rotatable bonds is 6. The van der Waals surface area contributed by atoms with Gasteiger partial charge in [0.2, 0.25) is 0 Å². The second-order valence-electron chi connectivity index (χ2n) is 5.64. The van der Waals surface area contributed by atoms with Crippen molar-refractivity contribution in [3.8, 4) is 5.75 Å². The van der Waals surface area contributed by atoms with Crippen LogP contribution >= 0.6 is 0 Å². The molecule has 1 aromatic rings. The van der Waals surface area contributed by atoms with Gasteiger partial charge < -0.3 is 9.84 Å². The molecule has 2 rings (SSSR count). The van der Waals surface area contributed by atoms with E-state index in [1.807, 2.05) is 12.1 Å². The van der Waals surface area contributed by atoms with Gasteiger partial charge in [-0.3, -0.25) is 4.98 Å². The lowest BCUT2D eigenvalue weighted by atomic mass is 9.92. The van der Waals surface area contributed by atoms with Crippen LogP contribution in [0.1, 0.15) is 45.2 Å². The molecule has 1 heterocycles. The molecule has 0 spiro atoms. The molecule has 1 saturated carbocycles. The molecule has 18 heavy (non-hydrogen) atoms. The first-order chi connectivity index (χ1) is 8.63. The van der Waals surface area contributed by atoms with Crippen LogP contribution in [0, 0.1) is 5.92 Å². The molecule has 3 nitrogen and oxygen atoms in total. The van der Waals surface area contributed by atoms with E-state index in [4.69, 9.17) is 4.74 Å². The minimum atomic E-state index is -0.168. The van der Waals surface area contributed by atoms with E-state index >= 15 is 0 Å². The number of pyridine rings is 1. The van der Waals surface area contributed by atoms with E-state index in [1.165, 1.54) is 12.8 Å². The lowest BCUT2D eigenvalue weighted by molar-refractivity contribution is -0.0109. The molecule has 0 saturated heterocycles. The van der Waals surface area contributed by atoms with Crippen molar-refractivity contribution in [3.05, 3.63) is 24.0 Å². The monoisotopic (exact) mass is 249 g/mol. The Morgan fingerprint density at radius 2 is 2.17 bits per heavy atom. The second kappa shape index (κ2) is 6.19. The third-order valence-electron chi connectivity index (χ3n) is 3.38. The van der Waals surface area contributed by atoms with Crippen molar-refractivity contribution >= 4 is 0 Å². The van der Waals surface area contributed by atoms with E-state index < -0.39 is 0 Å². The van der Waals surface area contributed by atoms with Crippen molar-refractivity contribution in [1.29, 1.82) is 0 Å². The summed E-state index contributed by atoms with van der Waals surface area (Å²) >= 11 is 0. The molecular weight excluding hydrogens is 226 g/mol. The zero-order valence-corrected chi connectivity index (χ0v) is 11.3. The number of aromatic nitrogens is 1. The highest BCUT2D eigenvalue weighted by Crippen LogP contribution is 2.25. The fourth-order valence-electron chi connectivity index (χ4n) is 2.15. The first-order valence-electron chi connectivity index (χ1n) is 6.93. The number of hydrogen-bond donors (Lipinski definition) is 1. The van der Waals surface area contributed by atoms with Gasteiger partial charge in [0.1, 0.15) is 11.9 Å². The molecule has 0 atom stereocenters. The summed E-state index contributed by atoms with van der Waals surface area (Å²) in [5, 5.41) is 9.19. The third-order valence-corrected chi connectivity index (χ3v) is 3.38. The Balaban J connectivity index is 1.75. The molecule has 0 radical (unpaired) electrons. The third kappa shape index (κ3) is 3.98. The van der Waals surface area contributed by atoms with E-state index in [9.17, 15) is 5.11 Å². The smallest absolute Gasteiger partial charge is 0.138 e. The molecular formula is C15H23NO2. The number of ether oxygens (including phenoxy) is 1. The molecule has 1 aliphatic carbocycles. The minimum Gasteiger partial charge on any atom is -0.489 e. The quantitative estimate of drug-likeness (QED) is 0.842. The van der Waals surface area contributed by atoms with Gasteiger partial charge in [-0.15, -0.1) is 0 Å². The Morgan fingerprint density at radius 3 is 2.72 bits per heavy atom. The normalized spacial score (nSPS) is 22.9. The predicted molar refractivity (Wildman–Crippen MR) is 71.7 cm³/mol. The van der Waals surface area contributed by atoms with Crippen LogP contribution in [-0.2, 0) is 6.42 Å². The van der Waals surface area contributed by atoms with Crippen molar-refractivity contribution in [2.75, 3.05) is 0 Å². The molecule has 1 aliphatic rings. The Bertz CT molecular complexity index is 355. The maximum atomic E-state index is 9.19. The highest BCUT2D eigenvalue weighted by molar-refractivity contribution is 5.20. The van der Waals surface area contributed by atoms with Crippen LogP contribution in [0.2, 0.25) is 0 Å². The van der Waals surface area contributed by atoms with E-state index in [1.54, 1.807) is 6.20 Å². The Hall–Kier alpha value is -1.09. The van der Waals surface area contributed by atoms with Crippen molar-refractivity contribution in [2.45, 2.75) is 58.2 Å². The van der Waals surface area contributed by atoms with Gasteiger partial charge in [-0.05, 0) is 30.9 Å². The maximum Gasteiger partial charge on any atom is 0.138 e. The first kappa shape index (κ1) is 13.3. The molecule has 0 amide bonds. The SMILES string of the molecule is CC(C)CCCc1ccc(OC2CC(O)C2)cn1. The summed E-state index contributed by atoms with van der Waals surface area (Å²) in [6, 6.07) is 4.03. The lowest BCUT2D eigenvalue weighted by Crippen LogP contribution is -2.37. The largest absolute Gasteiger partial charge is 0.489 e. The number of aryl methyl sites for hydroxylation is 1. The van der Waals surface area contributed by atoms with Crippen LogP contribution in [0.3, 0.4) is 0 Å². The fourth-order valence-corrected chi connectivity index (χ4v) is 2.15. The average molecular weight is 249 g/mol. The summed E-state index contributed by atoms with van der Waals surface area (Å²) in [6.07, 6.45) is 6.79. The van der Waals surface area contributed by atoms with Gasteiger partial charge in [-0.25, -0.2) is 0 Å². The molecule has 0 unspecified atom stereocenters. The predicted octanol–water partition coefficient (Wildman–Crippen LogP) is 2.96. The summed E-state index contributed by atoms with van der Waals surface area (Å²) in [4.78, 5) is 4.42. The van der Waals surface area contributed by atoms with Gasteiger partial charge in [0.05, 0.1) is 12.3 Å². The van der Waals surface area contributed by atoms with E-state index in [0.29, 0.717) is 0 Å². The summed E-state index contributed by atoms with van der Waals surface area (Å²) in [5.74, 6) is 1.58. The number of nitrogens with zero attached hydrogens (tertiary/aromatic N) is 1. The number of aliphatic hydroxyl groups is 1. The molecule has 0 aliphatic heterocycles. The topological polar surface area (TPSA) is 42.4 Å². The minimum absolute atomic E-state index is 0.168. The van der Waals surface area contributed by atoms with Crippen LogP contribution in [0.15, 0.2) is 18.3 Å². The zero-order valence-electron chi connectivity index (χ0n) is 11.3. The summed E-state index contributed by atoms with van der Waals surface area (Å²) in [7, 11) is 0. The van der Waals surface area contributed by atoms with Gasteiger partial charge in [0.25, 0.3) is 0 Å². The Labute approximate surface area is 109 Å². The van der Waals surface area contributed by atoms with Crippen LogP contribution < -0.4 is 4.74 Å². The molecule has 3 heteroatoms. The van der Waals surface area contributed by atoms with Gasteiger partial charge in [0, 0.05) is 18.5 Å². The molecule has 0 bridgehead atoms. The lowest BCUT2D eigenvalue weighted by Gasteiger charge is -2.31. The molecule has 1 aromatic heterocycles. The highest BCUT2D eigenvalue weighted by Gasteiger charge is 2.28. The van der Waals surface area contributed by atoms with Gasteiger partial charge in [0.15, 0.2) is 0 Å². The Morgan fingerprint density at radius 1 is 1.39 bits per heavy atom.